The number of nitrogens with zero attached hydrogens (tertiary/aromatic N) is 1. The summed E-state index contributed by atoms with van der Waals surface area (Å²) in [4.78, 5) is 14.2. The Bertz CT molecular complexity index is 485. The topological polar surface area (TPSA) is 40.5 Å². The number of likely N-dealkylation sites (N-methyl/N-ethyl adjacent to an activating group) is 1. The van der Waals surface area contributed by atoms with Crippen LogP contribution in [0.15, 0.2) is 24.3 Å². The van der Waals surface area contributed by atoms with E-state index in [9.17, 15) is 9.90 Å². The molecule has 0 aliphatic carbocycles. The Morgan fingerprint density at radius 2 is 1.95 bits per heavy atom. The lowest BCUT2D eigenvalue weighted by Crippen LogP contribution is -2.50. The molecule has 2 atom stereocenters. The molecule has 3 rings (SSSR count). The number of fused-ring (bicyclic) bond motifs is 1. The number of aliphatic hydroxyl groups is 1. The van der Waals surface area contributed by atoms with Crippen LogP contribution in [0.2, 0.25) is 0 Å². The Morgan fingerprint density at radius 3 is 2.68 bits per heavy atom. The molecule has 2 unspecified atom stereocenters. The van der Waals surface area contributed by atoms with Gasteiger partial charge in [-0.05, 0) is 41.9 Å². The van der Waals surface area contributed by atoms with Crippen LogP contribution in [0.3, 0.4) is 0 Å². The molecule has 0 radical (unpaired) electrons. The van der Waals surface area contributed by atoms with Crippen molar-refractivity contribution in [3.63, 3.8) is 0 Å². The molecule has 102 valence electrons. The number of carbonyl (C=O) groups excluding carboxylic acids is 1. The highest BCUT2D eigenvalue weighted by Gasteiger charge is 2.41. The monoisotopic (exact) mass is 277 g/mol. The number of carbonyl (C=O) groups is 1. The Balaban J connectivity index is 1.96. The Kier molecular flexibility index (Phi) is 3.54. The van der Waals surface area contributed by atoms with Gasteiger partial charge in [0.15, 0.2) is 0 Å². The van der Waals surface area contributed by atoms with E-state index in [0.29, 0.717) is 11.5 Å². The van der Waals surface area contributed by atoms with Gasteiger partial charge in [-0.3, -0.25) is 4.79 Å². The van der Waals surface area contributed by atoms with Gasteiger partial charge in [0.25, 0.3) is 5.91 Å². The fourth-order valence-corrected chi connectivity index (χ4v) is 4.45. The Labute approximate surface area is 118 Å². The first-order chi connectivity index (χ1) is 9.20. The number of hydrogen-bond acceptors (Lipinski definition) is 3. The zero-order valence-electron chi connectivity index (χ0n) is 11.1. The van der Waals surface area contributed by atoms with Crippen molar-refractivity contribution in [1.29, 1.82) is 0 Å². The van der Waals surface area contributed by atoms with Gasteiger partial charge in [-0.15, -0.1) is 0 Å². The molecule has 0 bridgehead atoms. The van der Waals surface area contributed by atoms with Crippen molar-refractivity contribution in [2.75, 3.05) is 18.6 Å². The van der Waals surface area contributed by atoms with Gasteiger partial charge in [-0.1, -0.05) is 18.2 Å². The predicted molar refractivity (Wildman–Crippen MR) is 77.3 cm³/mol. The van der Waals surface area contributed by atoms with E-state index < -0.39 is 6.10 Å². The molecule has 2 aliphatic rings. The van der Waals surface area contributed by atoms with Crippen LogP contribution in [0, 0.1) is 5.92 Å². The normalized spacial score (nSPS) is 28.3. The molecule has 19 heavy (non-hydrogen) atoms. The molecule has 1 fully saturated rings. The van der Waals surface area contributed by atoms with Gasteiger partial charge in [-0.25, -0.2) is 0 Å². The van der Waals surface area contributed by atoms with Gasteiger partial charge in [0.2, 0.25) is 0 Å². The van der Waals surface area contributed by atoms with Crippen LogP contribution in [-0.2, 0) is 0 Å². The molecule has 0 aromatic heterocycles. The smallest absolute Gasteiger partial charge is 0.254 e. The van der Waals surface area contributed by atoms with Crippen molar-refractivity contribution in [3.05, 3.63) is 35.4 Å². The van der Waals surface area contributed by atoms with Gasteiger partial charge in [0.05, 0.1) is 6.04 Å². The van der Waals surface area contributed by atoms with E-state index in [1.807, 2.05) is 43.1 Å². The lowest BCUT2D eigenvalue weighted by molar-refractivity contribution is 0.0125. The number of amides is 1. The second-order valence-electron chi connectivity index (χ2n) is 5.39. The van der Waals surface area contributed by atoms with Crippen molar-refractivity contribution < 1.29 is 9.90 Å². The molecule has 1 amide bonds. The summed E-state index contributed by atoms with van der Waals surface area (Å²) in [5, 5.41) is 10.7. The Morgan fingerprint density at radius 1 is 1.26 bits per heavy atom. The van der Waals surface area contributed by atoms with E-state index in [2.05, 4.69) is 0 Å². The summed E-state index contributed by atoms with van der Waals surface area (Å²) >= 11 is 1.97. The van der Waals surface area contributed by atoms with Crippen LogP contribution in [0.1, 0.15) is 34.9 Å². The van der Waals surface area contributed by atoms with E-state index >= 15 is 0 Å². The van der Waals surface area contributed by atoms with E-state index in [1.54, 1.807) is 4.90 Å². The van der Waals surface area contributed by atoms with E-state index in [-0.39, 0.29) is 11.9 Å². The number of rotatable bonds is 1. The zero-order chi connectivity index (χ0) is 13.4. The quantitative estimate of drug-likeness (QED) is 0.856. The third-order valence-corrected chi connectivity index (χ3v) is 5.40. The van der Waals surface area contributed by atoms with Crippen molar-refractivity contribution in [2.24, 2.45) is 5.92 Å². The summed E-state index contributed by atoms with van der Waals surface area (Å²) in [6.07, 6.45) is 1.63. The summed E-state index contributed by atoms with van der Waals surface area (Å²) in [5.74, 6) is 2.73. The maximum absolute atomic E-state index is 12.4. The maximum atomic E-state index is 12.4. The highest BCUT2D eigenvalue weighted by atomic mass is 32.2. The molecule has 3 nitrogen and oxygen atoms in total. The average Bonchev–Trinajstić information content (AvgIpc) is 2.46. The summed E-state index contributed by atoms with van der Waals surface area (Å²) in [5.41, 5.74) is 1.45. The summed E-state index contributed by atoms with van der Waals surface area (Å²) in [6.45, 7) is 0. The summed E-state index contributed by atoms with van der Waals surface area (Å²) in [6, 6.07) is 7.38. The first-order valence-electron chi connectivity index (χ1n) is 6.82. The average molecular weight is 277 g/mol. The zero-order valence-corrected chi connectivity index (χ0v) is 11.9. The summed E-state index contributed by atoms with van der Waals surface area (Å²) in [7, 11) is 1.83. The molecule has 4 heteroatoms. The standard InChI is InChI=1S/C15H19NO2S/c1-16-13(10-6-8-19-9-7-10)14(17)11-4-2-3-5-12(11)15(16)18/h2-5,10,13-14,17H,6-9H2,1H3. The van der Waals surface area contributed by atoms with Crippen LogP contribution in [-0.4, -0.2) is 40.5 Å². The lowest BCUT2D eigenvalue weighted by Gasteiger charge is -2.43. The highest BCUT2D eigenvalue weighted by molar-refractivity contribution is 7.99. The van der Waals surface area contributed by atoms with Crippen molar-refractivity contribution in [2.45, 2.75) is 25.0 Å². The second-order valence-corrected chi connectivity index (χ2v) is 6.61. The minimum Gasteiger partial charge on any atom is -0.386 e. The number of hydrogen-bond donors (Lipinski definition) is 1. The molecule has 2 aliphatic heterocycles. The fourth-order valence-electron chi connectivity index (χ4n) is 3.30. The molecular formula is C15H19NO2S. The van der Waals surface area contributed by atoms with Gasteiger partial charge in [0.1, 0.15) is 6.10 Å². The van der Waals surface area contributed by atoms with Crippen LogP contribution in [0.4, 0.5) is 0 Å². The summed E-state index contributed by atoms with van der Waals surface area (Å²) < 4.78 is 0. The van der Waals surface area contributed by atoms with Gasteiger partial charge in [0, 0.05) is 12.6 Å². The number of benzene rings is 1. The first-order valence-corrected chi connectivity index (χ1v) is 7.97. The minimum atomic E-state index is -0.549. The largest absolute Gasteiger partial charge is 0.386 e. The van der Waals surface area contributed by atoms with Crippen LogP contribution < -0.4 is 0 Å². The fraction of sp³-hybridized carbons (Fsp3) is 0.533. The predicted octanol–water partition coefficient (Wildman–Crippen LogP) is 2.32. The van der Waals surface area contributed by atoms with Gasteiger partial charge >= 0.3 is 0 Å². The van der Waals surface area contributed by atoms with E-state index in [1.165, 1.54) is 0 Å². The van der Waals surface area contributed by atoms with E-state index in [0.717, 1.165) is 29.9 Å². The SMILES string of the molecule is CN1C(=O)c2ccccc2C(O)C1C1CCSCC1. The second kappa shape index (κ2) is 5.17. The van der Waals surface area contributed by atoms with Gasteiger partial charge in [-0.2, -0.15) is 11.8 Å². The molecule has 1 aromatic rings. The molecule has 1 saturated heterocycles. The van der Waals surface area contributed by atoms with Crippen molar-refractivity contribution in [1.82, 2.24) is 4.90 Å². The lowest BCUT2D eigenvalue weighted by atomic mass is 9.81. The molecular weight excluding hydrogens is 258 g/mol. The molecule has 2 heterocycles. The maximum Gasteiger partial charge on any atom is 0.254 e. The Hall–Kier alpha value is -1.00. The first kappa shape index (κ1) is 13.0. The third-order valence-electron chi connectivity index (χ3n) is 4.35. The molecule has 1 N–H and O–H groups in total. The molecule has 0 saturated carbocycles. The van der Waals surface area contributed by atoms with E-state index in [4.69, 9.17) is 0 Å². The minimum absolute atomic E-state index is 0.0455. The number of aliphatic hydroxyl groups excluding tert-OH is 1. The molecule has 1 aromatic carbocycles. The van der Waals surface area contributed by atoms with Crippen LogP contribution in [0.5, 0.6) is 0 Å². The van der Waals surface area contributed by atoms with Gasteiger partial charge < -0.3 is 10.0 Å². The number of thioether (sulfide) groups is 1. The third kappa shape index (κ3) is 2.17. The van der Waals surface area contributed by atoms with Crippen LogP contribution in [0.25, 0.3) is 0 Å². The van der Waals surface area contributed by atoms with Crippen LogP contribution >= 0.6 is 11.8 Å². The van der Waals surface area contributed by atoms with Crippen molar-refractivity contribution in [3.8, 4) is 0 Å². The van der Waals surface area contributed by atoms with Crippen molar-refractivity contribution >= 4 is 17.7 Å². The highest BCUT2D eigenvalue weighted by Crippen LogP contribution is 2.38. The molecule has 0 spiro atoms.